The van der Waals surface area contributed by atoms with Gasteiger partial charge in [0.05, 0.1) is 18.6 Å². The minimum Gasteiger partial charge on any atom is -0.450 e. The smallest absolute Gasteiger partial charge is 0.407 e. The number of ether oxygens (including phenoxy) is 3. The van der Waals surface area contributed by atoms with Crippen LogP contribution in [0, 0.1) is 0 Å². The van der Waals surface area contributed by atoms with Gasteiger partial charge in [0.25, 0.3) is 5.91 Å². The van der Waals surface area contributed by atoms with Crippen molar-refractivity contribution in [3.05, 3.63) is 59.7 Å². The third kappa shape index (κ3) is 5.68. The molecule has 35 heavy (non-hydrogen) atoms. The Hall–Kier alpha value is -3.72. The van der Waals surface area contributed by atoms with Gasteiger partial charge in [0, 0.05) is 5.92 Å². The highest BCUT2D eigenvalue weighted by atomic mass is 16.6. The zero-order valence-corrected chi connectivity index (χ0v) is 19.8. The first-order valence-electron chi connectivity index (χ1n) is 11.4. The molecule has 1 aliphatic carbocycles. The molecule has 9 heteroatoms. The van der Waals surface area contributed by atoms with E-state index < -0.39 is 41.6 Å². The van der Waals surface area contributed by atoms with E-state index in [0.29, 0.717) is 0 Å². The number of benzene rings is 2. The van der Waals surface area contributed by atoms with Gasteiger partial charge in [-0.1, -0.05) is 48.5 Å². The molecule has 0 saturated carbocycles. The SMILES string of the molecule is CC(C)(C)OC[C@@H](NC(=O)OCC1c2ccccc2-c2ccccc21)C(=O)O[C@@H]1CC(=O)NC1=O. The summed E-state index contributed by atoms with van der Waals surface area (Å²) in [6.07, 6.45) is -2.32. The van der Waals surface area contributed by atoms with Crippen LogP contribution in [0.2, 0.25) is 0 Å². The lowest BCUT2D eigenvalue weighted by molar-refractivity contribution is -0.158. The molecular formula is C26H28N2O7. The Bertz CT molecular complexity index is 1110. The third-order valence-electron chi connectivity index (χ3n) is 5.79. The van der Waals surface area contributed by atoms with Crippen molar-refractivity contribution in [1.82, 2.24) is 10.6 Å². The highest BCUT2D eigenvalue weighted by molar-refractivity contribution is 6.05. The van der Waals surface area contributed by atoms with E-state index in [1.165, 1.54) is 0 Å². The fraction of sp³-hybridized carbons (Fsp3) is 0.385. The molecule has 184 valence electrons. The summed E-state index contributed by atoms with van der Waals surface area (Å²) in [4.78, 5) is 48.6. The molecule has 4 rings (SSSR count). The zero-order valence-electron chi connectivity index (χ0n) is 19.8. The molecule has 0 spiro atoms. The van der Waals surface area contributed by atoms with Crippen LogP contribution in [-0.4, -0.2) is 54.8 Å². The second kappa shape index (κ2) is 9.87. The first-order chi connectivity index (χ1) is 16.6. The van der Waals surface area contributed by atoms with Gasteiger partial charge in [-0.3, -0.25) is 14.9 Å². The Kier molecular flexibility index (Phi) is 6.88. The van der Waals surface area contributed by atoms with Gasteiger partial charge in [0.15, 0.2) is 12.1 Å². The number of alkyl carbamates (subject to hydrolysis) is 1. The number of esters is 1. The molecule has 0 aromatic heterocycles. The molecular weight excluding hydrogens is 452 g/mol. The lowest BCUT2D eigenvalue weighted by atomic mass is 9.98. The molecule has 0 radical (unpaired) electrons. The fourth-order valence-corrected chi connectivity index (χ4v) is 4.13. The van der Waals surface area contributed by atoms with Crippen LogP contribution in [0.5, 0.6) is 0 Å². The molecule has 0 unspecified atom stereocenters. The topological polar surface area (TPSA) is 120 Å². The van der Waals surface area contributed by atoms with Crippen LogP contribution < -0.4 is 10.6 Å². The normalized spacial score (nSPS) is 17.9. The van der Waals surface area contributed by atoms with Crippen LogP contribution in [0.3, 0.4) is 0 Å². The van der Waals surface area contributed by atoms with Crippen molar-refractivity contribution >= 4 is 23.9 Å². The van der Waals surface area contributed by atoms with Crippen LogP contribution in [0.15, 0.2) is 48.5 Å². The van der Waals surface area contributed by atoms with Gasteiger partial charge in [-0.15, -0.1) is 0 Å². The number of imide groups is 1. The van der Waals surface area contributed by atoms with Crippen molar-refractivity contribution < 1.29 is 33.4 Å². The van der Waals surface area contributed by atoms with Crippen LogP contribution in [0.25, 0.3) is 11.1 Å². The molecule has 1 saturated heterocycles. The lowest BCUT2D eigenvalue weighted by Crippen LogP contribution is -2.48. The highest BCUT2D eigenvalue weighted by Crippen LogP contribution is 2.44. The number of hydrogen-bond acceptors (Lipinski definition) is 7. The summed E-state index contributed by atoms with van der Waals surface area (Å²) in [6, 6.07) is 14.7. The first-order valence-corrected chi connectivity index (χ1v) is 11.4. The maximum Gasteiger partial charge on any atom is 0.407 e. The molecule has 9 nitrogen and oxygen atoms in total. The summed E-state index contributed by atoms with van der Waals surface area (Å²) >= 11 is 0. The van der Waals surface area contributed by atoms with Crippen molar-refractivity contribution in [1.29, 1.82) is 0 Å². The van der Waals surface area contributed by atoms with Gasteiger partial charge in [0.2, 0.25) is 5.91 Å². The molecule has 1 fully saturated rings. The number of hydrogen-bond donors (Lipinski definition) is 2. The summed E-state index contributed by atoms with van der Waals surface area (Å²) in [5.74, 6) is -2.25. The highest BCUT2D eigenvalue weighted by Gasteiger charge is 2.37. The molecule has 2 atom stereocenters. The second-order valence-electron chi connectivity index (χ2n) is 9.49. The van der Waals surface area contributed by atoms with Crippen molar-refractivity contribution in [3.63, 3.8) is 0 Å². The second-order valence-corrected chi connectivity index (χ2v) is 9.49. The number of carbonyl (C=O) groups is 4. The number of carbonyl (C=O) groups excluding carboxylic acids is 4. The zero-order chi connectivity index (χ0) is 25.2. The van der Waals surface area contributed by atoms with E-state index in [9.17, 15) is 19.2 Å². The van der Waals surface area contributed by atoms with E-state index in [0.717, 1.165) is 22.3 Å². The van der Waals surface area contributed by atoms with Gasteiger partial charge >= 0.3 is 12.1 Å². The quantitative estimate of drug-likeness (QED) is 0.462. The number of nitrogens with one attached hydrogen (secondary N) is 2. The largest absolute Gasteiger partial charge is 0.450 e. The van der Waals surface area contributed by atoms with Crippen molar-refractivity contribution in [2.75, 3.05) is 13.2 Å². The average Bonchev–Trinajstić information content (AvgIpc) is 3.30. The average molecular weight is 481 g/mol. The van der Waals surface area contributed by atoms with Gasteiger partial charge in [-0.2, -0.15) is 0 Å². The summed E-state index contributed by atoms with van der Waals surface area (Å²) < 4.78 is 16.3. The van der Waals surface area contributed by atoms with Crippen molar-refractivity contribution in [2.45, 2.75) is 50.9 Å². The first kappa shape index (κ1) is 24.4. The number of amides is 3. The Morgan fingerprint density at radius 1 is 1.03 bits per heavy atom. The molecule has 3 amide bonds. The van der Waals surface area contributed by atoms with Crippen molar-refractivity contribution in [2.24, 2.45) is 0 Å². The van der Waals surface area contributed by atoms with E-state index >= 15 is 0 Å². The molecule has 2 aromatic carbocycles. The molecule has 1 aliphatic heterocycles. The van der Waals surface area contributed by atoms with E-state index in [4.69, 9.17) is 14.2 Å². The Morgan fingerprint density at radius 2 is 1.63 bits per heavy atom. The Labute approximate surface area is 203 Å². The maximum atomic E-state index is 12.7. The molecule has 2 aliphatic rings. The minimum absolute atomic E-state index is 0.0707. The van der Waals surface area contributed by atoms with Crippen LogP contribution >= 0.6 is 0 Å². The van der Waals surface area contributed by atoms with E-state index in [1.807, 2.05) is 48.5 Å². The molecule has 2 N–H and O–H groups in total. The lowest BCUT2D eigenvalue weighted by Gasteiger charge is -2.25. The van der Waals surface area contributed by atoms with E-state index in [-0.39, 0.29) is 25.6 Å². The molecule has 2 aromatic rings. The summed E-state index contributed by atoms with van der Waals surface area (Å²) in [7, 11) is 0. The third-order valence-corrected chi connectivity index (χ3v) is 5.79. The minimum atomic E-state index is -1.24. The number of rotatable bonds is 7. The van der Waals surface area contributed by atoms with Gasteiger partial charge in [0.1, 0.15) is 6.61 Å². The van der Waals surface area contributed by atoms with E-state index in [2.05, 4.69) is 10.6 Å². The van der Waals surface area contributed by atoms with E-state index in [1.54, 1.807) is 20.8 Å². The monoisotopic (exact) mass is 480 g/mol. The predicted octanol–water partition coefficient (Wildman–Crippen LogP) is 2.67. The fourth-order valence-electron chi connectivity index (χ4n) is 4.13. The maximum absolute atomic E-state index is 12.7. The Morgan fingerprint density at radius 3 is 2.17 bits per heavy atom. The molecule has 1 heterocycles. The summed E-state index contributed by atoms with van der Waals surface area (Å²) in [5.41, 5.74) is 3.72. The summed E-state index contributed by atoms with van der Waals surface area (Å²) in [5, 5.41) is 4.56. The number of fused-ring (bicyclic) bond motifs is 3. The Balaban J connectivity index is 1.42. The molecule has 0 bridgehead atoms. The van der Waals surface area contributed by atoms with Crippen LogP contribution in [-0.2, 0) is 28.6 Å². The van der Waals surface area contributed by atoms with Crippen LogP contribution in [0.1, 0.15) is 44.2 Å². The predicted molar refractivity (Wildman–Crippen MR) is 125 cm³/mol. The van der Waals surface area contributed by atoms with Gasteiger partial charge in [-0.05, 0) is 43.0 Å². The van der Waals surface area contributed by atoms with Gasteiger partial charge in [-0.25, -0.2) is 9.59 Å². The standard InChI is InChI=1S/C26H28N2O7/c1-26(2,3)34-14-20(24(31)35-21-12-22(29)28-23(21)30)27-25(32)33-13-19-17-10-6-4-8-15(17)16-9-5-7-11-18(16)19/h4-11,19-21H,12-14H2,1-3H3,(H,27,32)(H,28,29,30)/t20-,21-/m1/s1. The van der Waals surface area contributed by atoms with Gasteiger partial charge < -0.3 is 19.5 Å². The summed E-state index contributed by atoms with van der Waals surface area (Å²) in [6.45, 7) is 5.26. The van der Waals surface area contributed by atoms with Crippen LogP contribution in [0.4, 0.5) is 4.79 Å². The van der Waals surface area contributed by atoms with Crippen molar-refractivity contribution in [3.8, 4) is 11.1 Å².